The van der Waals surface area contributed by atoms with E-state index in [0.717, 1.165) is 23.5 Å². The van der Waals surface area contributed by atoms with Crippen molar-refractivity contribution in [1.29, 1.82) is 0 Å². The van der Waals surface area contributed by atoms with Crippen LogP contribution >= 0.6 is 0 Å². The molecule has 152 valence electrons. The minimum atomic E-state index is -0.0742. The number of nitrogens with one attached hydrogen (secondary N) is 1. The van der Waals surface area contributed by atoms with Crippen LogP contribution in [0.2, 0.25) is 0 Å². The third kappa shape index (κ3) is 6.08. The van der Waals surface area contributed by atoms with E-state index in [1.165, 1.54) is 0 Å². The monoisotopic (exact) mass is 387 g/mol. The van der Waals surface area contributed by atoms with E-state index in [4.69, 9.17) is 18.9 Å². The molecule has 0 saturated carbocycles. The van der Waals surface area contributed by atoms with Gasteiger partial charge in [0.2, 0.25) is 5.91 Å². The lowest BCUT2D eigenvalue weighted by atomic mass is 10.0. The molecule has 0 radical (unpaired) electrons. The Balaban J connectivity index is 1.81. The summed E-state index contributed by atoms with van der Waals surface area (Å²) in [6, 6.07) is 13.0. The Morgan fingerprint density at radius 3 is 2.21 bits per heavy atom. The highest BCUT2D eigenvalue weighted by Gasteiger charge is 2.15. The lowest BCUT2D eigenvalue weighted by molar-refractivity contribution is -0.122. The van der Waals surface area contributed by atoms with Gasteiger partial charge in [-0.05, 0) is 54.8 Å². The molecule has 0 fully saturated rings. The maximum Gasteiger partial charge on any atom is 0.220 e. The van der Waals surface area contributed by atoms with E-state index < -0.39 is 0 Å². The molecule has 0 aliphatic carbocycles. The Hall–Kier alpha value is -2.89. The molecular formula is C22H29NO5. The number of ether oxygens (including phenoxy) is 4. The van der Waals surface area contributed by atoms with Crippen molar-refractivity contribution in [3.8, 4) is 23.0 Å². The molecule has 1 atom stereocenters. The standard InChI is InChI=1S/C22H29NO5/c1-5-19(16-8-13-20(26-3)21(15-16)27-4)23-22(24)7-6-14-28-18-11-9-17(25-2)10-12-18/h8-13,15,19H,5-7,14H2,1-4H3,(H,23,24)/t19-/m0/s1. The van der Waals surface area contributed by atoms with Crippen LogP contribution in [0.4, 0.5) is 0 Å². The van der Waals surface area contributed by atoms with Crippen LogP contribution in [0.15, 0.2) is 42.5 Å². The quantitative estimate of drug-likeness (QED) is 0.587. The molecule has 2 aromatic carbocycles. The molecule has 0 spiro atoms. The largest absolute Gasteiger partial charge is 0.497 e. The van der Waals surface area contributed by atoms with Crippen LogP contribution in [-0.4, -0.2) is 33.8 Å². The van der Waals surface area contributed by atoms with Gasteiger partial charge in [0.1, 0.15) is 11.5 Å². The molecule has 0 saturated heterocycles. The lowest BCUT2D eigenvalue weighted by Gasteiger charge is -2.19. The molecule has 1 N–H and O–H groups in total. The molecule has 0 unspecified atom stereocenters. The SMILES string of the molecule is CC[C@H](NC(=O)CCCOc1ccc(OC)cc1)c1ccc(OC)c(OC)c1. The highest BCUT2D eigenvalue weighted by molar-refractivity contribution is 5.76. The van der Waals surface area contributed by atoms with Gasteiger partial charge in [-0.1, -0.05) is 13.0 Å². The van der Waals surface area contributed by atoms with Crippen molar-refractivity contribution in [2.75, 3.05) is 27.9 Å². The van der Waals surface area contributed by atoms with E-state index in [0.29, 0.717) is 30.9 Å². The first-order valence-corrected chi connectivity index (χ1v) is 9.39. The van der Waals surface area contributed by atoms with Gasteiger partial charge in [-0.3, -0.25) is 4.79 Å². The predicted molar refractivity (Wildman–Crippen MR) is 108 cm³/mol. The lowest BCUT2D eigenvalue weighted by Crippen LogP contribution is -2.28. The highest BCUT2D eigenvalue weighted by Crippen LogP contribution is 2.30. The summed E-state index contributed by atoms with van der Waals surface area (Å²) in [5.41, 5.74) is 0.989. The molecule has 0 aromatic heterocycles. The topological polar surface area (TPSA) is 66.0 Å². The van der Waals surface area contributed by atoms with Crippen LogP contribution in [0.25, 0.3) is 0 Å². The zero-order valence-corrected chi connectivity index (χ0v) is 17.0. The second kappa shape index (κ2) is 11.1. The molecule has 28 heavy (non-hydrogen) atoms. The summed E-state index contributed by atoms with van der Waals surface area (Å²) in [6.45, 7) is 2.52. The van der Waals surface area contributed by atoms with E-state index in [9.17, 15) is 4.79 Å². The Morgan fingerprint density at radius 2 is 1.61 bits per heavy atom. The number of amides is 1. The number of methoxy groups -OCH3 is 3. The fraction of sp³-hybridized carbons (Fsp3) is 0.409. The van der Waals surface area contributed by atoms with Gasteiger partial charge in [0, 0.05) is 6.42 Å². The number of carbonyl (C=O) groups is 1. The second-order valence-corrected chi connectivity index (χ2v) is 6.27. The van der Waals surface area contributed by atoms with Crippen LogP contribution < -0.4 is 24.3 Å². The summed E-state index contributed by atoms with van der Waals surface area (Å²) < 4.78 is 21.4. The van der Waals surface area contributed by atoms with Crippen molar-refractivity contribution >= 4 is 5.91 Å². The summed E-state index contributed by atoms with van der Waals surface area (Å²) in [7, 11) is 4.83. The molecular weight excluding hydrogens is 358 g/mol. The number of benzene rings is 2. The first-order chi connectivity index (χ1) is 13.6. The summed E-state index contributed by atoms with van der Waals surface area (Å²) in [4.78, 5) is 12.3. The summed E-state index contributed by atoms with van der Waals surface area (Å²) in [5, 5.41) is 3.08. The Labute approximate surface area is 166 Å². The van der Waals surface area contributed by atoms with E-state index in [2.05, 4.69) is 5.32 Å². The molecule has 2 aromatic rings. The van der Waals surface area contributed by atoms with E-state index in [-0.39, 0.29) is 11.9 Å². The van der Waals surface area contributed by atoms with Crippen LogP contribution in [0.5, 0.6) is 23.0 Å². The Morgan fingerprint density at radius 1 is 0.929 bits per heavy atom. The fourth-order valence-corrected chi connectivity index (χ4v) is 2.85. The van der Waals surface area contributed by atoms with Crippen molar-refractivity contribution in [2.45, 2.75) is 32.2 Å². The van der Waals surface area contributed by atoms with Crippen molar-refractivity contribution < 1.29 is 23.7 Å². The average molecular weight is 387 g/mol. The fourth-order valence-electron chi connectivity index (χ4n) is 2.85. The van der Waals surface area contributed by atoms with Gasteiger partial charge in [-0.25, -0.2) is 0 Å². The van der Waals surface area contributed by atoms with Gasteiger partial charge in [0.25, 0.3) is 0 Å². The molecule has 0 bridgehead atoms. The van der Waals surface area contributed by atoms with Gasteiger partial charge in [0.05, 0.1) is 34.0 Å². The number of hydrogen-bond acceptors (Lipinski definition) is 5. The molecule has 0 aliphatic rings. The number of rotatable bonds is 11. The van der Waals surface area contributed by atoms with Gasteiger partial charge < -0.3 is 24.3 Å². The Kier molecular flexibility index (Phi) is 8.46. The smallest absolute Gasteiger partial charge is 0.220 e. The third-order valence-electron chi connectivity index (χ3n) is 4.43. The average Bonchev–Trinajstić information content (AvgIpc) is 2.74. The predicted octanol–water partition coefficient (Wildman–Crippen LogP) is 4.14. The second-order valence-electron chi connectivity index (χ2n) is 6.27. The van der Waals surface area contributed by atoms with Crippen molar-refractivity contribution in [3.63, 3.8) is 0 Å². The first kappa shape index (κ1) is 21.4. The van der Waals surface area contributed by atoms with Crippen LogP contribution in [0.1, 0.15) is 37.8 Å². The van der Waals surface area contributed by atoms with E-state index in [1.807, 2.05) is 49.4 Å². The van der Waals surface area contributed by atoms with Gasteiger partial charge >= 0.3 is 0 Å². The van der Waals surface area contributed by atoms with Crippen molar-refractivity contribution in [1.82, 2.24) is 5.32 Å². The molecule has 0 heterocycles. The maximum atomic E-state index is 12.3. The minimum Gasteiger partial charge on any atom is -0.497 e. The summed E-state index contributed by atoms with van der Waals surface area (Å²) >= 11 is 0. The number of carbonyl (C=O) groups excluding carboxylic acids is 1. The normalized spacial score (nSPS) is 11.4. The minimum absolute atomic E-state index is 0.0000317. The van der Waals surface area contributed by atoms with Crippen LogP contribution in [0, 0.1) is 0 Å². The van der Waals surface area contributed by atoms with Crippen LogP contribution in [-0.2, 0) is 4.79 Å². The van der Waals surface area contributed by atoms with Gasteiger partial charge in [0.15, 0.2) is 11.5 Å². The highest BCUT2D eigenvalue weighted by atomic mass is 16.5. The van der Waals surface area contributed by atoms with Gasteiger partial charge in [-0.2, -0.15) is 0 Å². The Bertz CT molecular complexity index is 745. The van der Waals surface area contributed by atoms with Crippen LogP contribution in [0.3, 0.4) is 0 Å². The number of hydrogen-bond donors (Lipinski definition) is 1. The third-order valence-corrected chi connectivity index (χ3v) is 4.43. The van der Waals surface area contributed by atoms with E-state index >= 15 is 0 Å². The molecule has 2 rings (SSSR count). The molecule has 0 aliphatic heterocycles. The zero-order chi connectivity index (χ0) is 20.4. The van der Waals surface area contributed by atoms with Crippen molar-refractivity contribution in [2.24, 2.45) is 0 Å². The van der Waals surface area contributed by atoms with Gasteiger partial charge in [-0.15, -0.1) is 0 Å². The van der Waals surface area contributed by atoms with Crippen molar-refractivity contribution in [3.05, 3.63) is 48.0 Å². The zero-order valence-electron chi connectivity index (χ0n) is 17.0. The van der Waals surface area contributed by atoms with E-state index in [1.54, 1.807) is 21.3 Å². The molecule has 1 amide bonds. The first-order valence-electron chi connectivity index (χ1n) is 9.39. The molecule has 6 heteroatoms. The summed E-state index contributed by atoms with van der Waals surface area (Å²) in [6.07, 6.45) is 1.82. The summed E-state index contributed by atoms with van der Waals surface area (Å²) in [5.74, 6) is 2.87. The molecule has 6 nitrogen and oxygen atoms in total. The maximum absolute atomic E-state index is 12.3.